The zero-order chi connectivity index (χ0) is 22.7. The average molecular weight is 435 g/mol. The maximum Gasteiger partial charge on any atom is 0.254 e. The zero-order valence-electron chi connectivity index (χ0n) is 19.1. The van der Waals surface area contributed by atoms with Crippen LogP contribution in [0.5, 0.6) is 0 Å². The number of aromatic nitrogens is 4. The minimum atomic E-state index is 0.0510. The molecule has 1 saturated heterocycles. The van der Waals surface area contributed by atoms with E-state index in [4.69, 9.17) is 9.72 Å². The van der Waals surface area contributed by atoms with Gasteiger partial charge in [0.25, 0.3) is 5.91 Å². The largest absolute Gasteiger partial charge is 0.380 e. The Labute approximate surface area is 188 Å². The van der Waals surface area contributed by atoms with Gasteiger partial charge in [0.05, 0.1) is 24.2 Å². The SMILES string of the molecule is Cc1cc(Nc2nccc(-c3cnc(C)n3C(C)C)n2)ccc1C(=O)N1CCCOCC1. The van der Waals surface area contributed by atoms with Crippen molar-refractivity contribution in [3.05, 3.63) is 53.6 Å². The number of imidazole rings is 1. The second-order valence-electron chi connectivity index (χ2n) is 8.33. The van der Waals surface area contributed by atoms with E-state index in [9.17, 15) is 4.79 Å². The maximum atomic E-state index is 13.0. The highest BCUT2D eigenvalue weighted by Gasteiger charge is 2.19. The first-order chi connectivity index (χ1) is 15.4. The number of aryl methyl sites for hydroxylation is 2. The van der Waals surface area contributed by atoms with Gasteiger partial charge in [0.15, 0.2) is 0 Å². The molecule has 0 saturated carbocycles. The third kappa shape index (κ3) is 4.65. The van der Waals surface area contributed by atoms with Crippen molar-refractivity contribution >= 4 is 17.5 Å². The maximum absolute atomic E-state index is 13.0. The van der Waals surface area contributed by atoms with Crippen LogP contribution in [0.25, 0.3) is 11.4 Å². The Balaban J connectivity index is 1.53. The number of benzene rings is 1. The number of nitrogens with one attached hydrogen (secondary N) is 1. The normalized spacial score (nSPS) is 14.5. The molecule has 1 fully saturated rings. The number of hydrogen-bond acceptors (Lipinski definition) is 6. The van der Waals surface area contributed by atoms with Crippen molar-refractivity contribution in [3.63, 3.8) is 0 Å². The Kier molecular flexibility index (Phi) is 6.50. The molecule has 0 spiro atoms. The van der Waals surface area contributed by atoms with Gasteiger partial charge in [-0.2, -0.15) is 0 Å². The van der Waals surface area contributed by atoms with Crippen molar-refractivity contribution in [2.45, 2.75) is 40.2 Å². The molecule has 0 bridgehead atoms. The monoisotopic (exact) mass is 434 g/mol. The van der Waals surface area contributed by atoms with Crippen LogP contribution in [-0.2, 0) is 4.74 Å². The summed E-state index contributed by atoms with van der Waals surface area (Å²) < 4.78 is 7.62. The standard InChI is InChI=1S/C24H30N6O2/c1-16(2)30-18(4)26-15-22(30)21-8-9-25-24(28-21)27-19-6-7-20(17(3)14-19)23(31)29-10-5-12-32-13-11-29/h6-9,14-16H,5,10-13H2,1-4H3,(H,25,27,28). The number of ether oxygens (including phenoxy) is 1. The first-order valence-electron chi connectivity index (χ1n) is 11.1. The molecule has 0 unspecified atom stereocenters. The Morgan fingerprint density at radius 1 is 1.12 bits per heavy atom. The summed E-state index contributed by atoms with van der Waals surface area (Å²) in [6, 6.07) is 7.89. The Morgan fingerprint density at radius 3 is 2.75 bits per heavy atom. The van der Waals surface area contributed by atoms with E-state index in [0.717, 1.165) is 41.4 Å². The predicted molar refractivity (Wildman–Crippen MR) is 124 cm³/mol. The van der Waals surface area contributed by atoms with Gasteiger partial charge >= 0.3 is 0 Å². The molecule has 1 N–H and O–H groups in total. The van der Waals surface area contributed by atoms with Gasteiger partial charge in [0.1, 0.15) is 5.82 Å². The number of rotatable bonds is 5. The van der Waals surface area contributed by atoms with Crippen LogP contribution >= 0.6 is 0 Å². The molecule has 3 heterocycles. The average Bonchev–Trinajstić information content (AvgIpc) is 2.97. The van der Waals surface area contributed by atoms with Crippen LogP contribution in [0.3, 0.4) is 0 Å². The van der Waals surface area contributed by atoms with E-state index in [1.165, 1.54) is 0 Å². The van der Waals surface area contributed by atoms with Crippen LogP contribution in [0.4, 0.5) is 11.6 Å². The highest BCUT2D eigenvalue weighted by atomic mass is 16.5. The number of carbonyl (C=O) groups is 1. The number of nitrogens with zero attached hydrogens (tertiary/aromatic N) is 5. The fraction of sp³-hybridized carbons (Fsp3) is 0.417. The molecule has 168 valence electrons. The van der Waals surface area contributed by atoms with E-state index >= 15 is 0 Å². The van der Waals surface area contributed by atoms with Crippen LogP contribution in [0, 0.1) is 13.8 Å². The number of hydrogen-bond donors (Lipinski definition) is 1. The molecular formula is C24H30N6O2. The van der Waals surface area contributed by atoms with Gasteiger partial charge in [-0.25, -0.2) is 15.0 Å². The highest BCUT2D eigenvalue weighted by molar-refractivity contribution is 5.96. The lowest BCUT2D eigenvalue weighted by molar-refractivity contribution is 0.0740. The molecular weight excluding hydrogens is 404 g/mol. The number of amides is 1. The molecule has 8 nitrogen and oxygen atoms in total. The number of carbonyl (C=O) groups excluding carboxylic acids is 1. The molecule has 1 amide bonds. The molecule has 0 aliphatic carbocycles. The summed E-state index contributed by atoms with van der Waals surface area (Å²) in [5.41, 5.74) is 4.23. The lowest BCUT2D eigenvalue weighted by Gasteiger charge is -2.21. The quantitative estimate of drug-likeness (QED) is 0.650. The molecule has 2 aromatic heterocycles. The van der Waals surface area contributed by atoms with Crippen molar-refractivity contribution in [1.29, 1.82) is 0 Å². The van der Waals surface area contributed by atoms with Gasteiger partial charge in [0.2, 0.25) is 5.95 Å². The molecule has 1 aliphatic rings. The summed E-state index contributed by atoms with van der Waals surface area (Å²) in [5, 5.41) is 3.27. The summed E-state index contributed by atoms with van der Waals surface area (Å²) in [6.45, 7) is 10.9. The van der Waals surface area contributed by atoms with Crippen molar-refractivity contribution in [2.24, 2.45) is 0 Å². The topological polar surface area (TPSA) is 85.2 Å². The van der Waals surface area contributed by atoms with E-state index in [1.54, 1.807) is 6.20 Å². The molecule has 1 aliphatic heterocycles. The first-order valence-corrected chi connectivity index (χ1v) is 11.1. The van der Waals surface area contributed by atoms with Crippen LogP contribution in [0.15, 0.2) is 36.7 Å². The smallest absolute Gasteiger partial charge is 0.254 e. The lowest BCUT2D eigenvalue weighted by atomic mass is 10.1. The molecule has 32 heavy (non-hydrogen) atoms. The zero-order valence-corrected chi connectivity index (χ0v) is 19.1. The molecule has 8 heteroatoms. The van der Waals surface area contributed by atoms with E-state index in [1.807, 2.05) is 49.2 Å². The highest BCUT2D eigenvalue weighted by Crippen LogP contribution is 2.25. The summed E-state index contributed by atoms with van der Waals surface area (Å²) >= 11 is 0. The van der Waals surface area contributed by atoms with Crippen molar-refractivity contribution in [2.75, 3.05) is 31.6 Å². The molecule has 0 radical (unpaired) electrons. The molecule has 1 aromatic carbocycles. The van der Waals surface area contributed by atoms with Gasteiger partial charge in [-0.1, -0.05) is 0 Å². The van der Waals surface area contributed by atoms with Crippen molar-refractivity contribution < 1.29 is 9.53 Å². The van der Waals surface area contributed by atoms with Crippen LogP contribution in [0.2, 0.25) is 0 Å². The minimum Gasteiger partial charge on any atom is -0.380 e. The van der Waals surface area contributed by atoms with Crippen LogP contribution in [-0.4, -0.2) is 56.6 Å². The van der Waals surface area contributed by atoms with Crippen LogP contribution < -0.4 is 5.32 Å². The molecule has 3 aromatic rings. The fourth-order valence-electron chi connectivity index (χ4n) is 4.09. The van der Waals surface area contributed by atoms with E-state index in [-0.39, 0.29) is 11.9 Å². The first kappa shape index (κ1) is 22.0. The summed E-state index contributed by atoms with van der Waals surface area (Å²) in [4.78, 5) is 28.3. The summed E-state index contributed by atoms with van der Waals surface area (Å²) in [5.74, 6) is 1.50. The Bertz CT molecular complexity index is 1100. The minimum absolute atomic E-state index is 0.0510. The van der Waals surface area contributed by atoms with Gasteiger partial charge < -0.3 is 19.5 Å². The predicted octanol–water partition coefficient (Wildman–Crippen LogP) is 4.14. The third-order valence-corrected chi connectivity index (χ3v) is 5.64. The second-order valence-corrected chi connectivity index (χ2v) is 8.33. The van der Waals surface area contributed by atoms with E-state index < -0.39 is 0 Å². The number of anilines is 2. The molecule has 0 atom stereocenters. The van der Waals surface area contributed by atoms with Crippen LogP contribution in [0.1, 0.15) is 48.1 Å². The van der Waals surface area contributed by atoms with Gasteiger partial charge in [0, 0.05) is 43.2 Å². The summed E-state index contributed by atoms with van der Waals surface area (Å²) in [6.07, 6.45) is 4.46. The fourth-order valence-corrected chi connectivity index (χ4v) is 4.09. The lowest BCUT2D eigenvalue weighted by Crippen LogP contribution is -2.33. The van der Waals surface area contributed by atoms with Crippen molar-refractivity contribution in [3.8, 4) is 11.4 Å². The summed E-state index contributed by atoms with van der Waals surface area (Å²) in [7, 11) is 0. The van der Waals surface area contributed by atoms with Gasteiger partial charge in [-0.3, -0.25) is 4.79 Å². The van der Waals surface area contributed by atoms with Crippen molar-refractivity contribution in [1.82, 2.24) is 24.4 Å². The van der Waals surface area contributed by atoms with E-state index in [0.29, 0.717) is 31.3 Å². The van der Waals surface area contributed by atoms with E-state index in [2.05, 4.69) is 33.7 Å². The Hall–Kier alpha value is -3.26. The third-order valence-electron chi connectivity index (χ3n) is 5.64. The molecule has 4 rings (SSSR count). The van der Waals surface area contributed by atoms with Gasteiger partial charge in [-0.15, -0.1) is 0 Å². The second kappa shape index (κ2) is 9.48. The van der Waals surface area contributed by atoms with Gasteiger partial charge in [-0.05, 0) is 63.9 Å². The Morgan fingerprint density at radius 2 is 1.97 bits per heavy atom.